The Morgan fingerprint density at radius 1 is 0.857 bits per heavy atom. The topological polar surface area (TPSA) is 49.7 Å². The van der Waals surface area contributed by atoms with Crippen molar-refractivity contribution in [1.29, 1.82) is 0 Å². The second-order valence-electron chi connectivity index (χ2n) is 4.90. The summed E-state index contributed by atoms with van der Waals surface area (Å²) in [6.45, 7) is 7.95. The van der Waals surface area contributed by atoms with Crippen LogP contribution >= 0.6 is 0 Å². The average molecular weight is 288 g/mol. The van der Waals surface area contributed by atoms with Crippen molar-refractivity contribution >= 4 is 0 Å². The Hall–Kier alpha value is -1.84. The van der Waals surface area contributed by atoms with Gasteiger partial charge in [0, 0.05) is 0 Å². The second kappa shape index (κ2) is 7.81. The van der Waals surface area contributed by atoms with E-state index < -0.39 is 5.60 Å². The Kier molecular flexibility index (Phi) is 6.40. The quantitative estimate of drug-likeness (QED) is 0.645. The first-order chi connectivity index (χ1) is 10.1. The Balaban J connectivity index is 0.00000106. The van der Waals surface area contributed by atoms with Gasteiger partial charge in [0.15, 0.2) is 5.75 Å². The van der Waals surface area contributed by atoms with Crippen LogP contribution in [0.4, 0.5) is 0 Å². The van der Waals surface area contributed by atoms with Crippen molar-refractivity contribution in [3.8, 4) is 5.75 Å². The van der Waals surface area contributed by atoms with Crippen LogP contribution < -0.4 is 4.89 Å². The molecule has 0 heterocycles. The SMILES string of the molecule is CC.CC(C)C(O)(c1ccccc1)c1ccc(OO)cc1. The molecule has 0 aromatic heterocycles. The first-order valence-corrected chi connectivity index (χ1v) is 7.29. The minimum atomic E-state index is -1.06. The predicted molar refractivity (Wildman–Crippen MR) is 85.3 cm³/mol. The summed E-state index contributed by atoms with van der Waals surface area (Å²) in [7, 11) is 0. The van der Waals surface area contributed by atoms with Crippen molar-refractivity contribution in [2.24, 2.45) is 5.92 Å². The van der Waals surface area contributed by atoms with Crippen molar-refractivity contribution in [1.82, 2.24) is 0 Å². The maximum atomic E-state index is 11.1. The predicted octanol–water partition coefficient (Wildman–Crippen LogP) is 4.46. The van der Waals surface area contributed by atoms with Gasteiger partial charge < -0.3 is 9.99 Å². The lowest BCUT2D eigenvalue weighted by Crippen LogP contribution is -2.33. The van der Waals surface area contributed by atoms with Gasteiger partial charge in [0.2, 0.25) is 0 Å². The summed E-state index contributed by atoms with van der Waals surface area (Å²) >= 11 is 0. The van der Waals surface area contributed by atoms with Crippen molar-refractivity contribution in [2.75, 3.05) is 0 Å². The largest absolute Gasteiger partial charge is 0.380 e. The summed E-state index contributed by atoms with van der Waals surface area (Å²) in [5.41, 5.74) is 0.562. The fourth-order valence-corrected chi connectivity index (χ4v) is 2.30. The molecule has 2 aromatic rings. The molecule has 0 saturated heterocycles. The molecule has 0 saturated carbocycles. The second-order valence-corrected chi connectivity index (χ2v) is 4.90. The van der Waals surface area contributed by atoms with E-state index in [1.807, 2.05) is 58.0 Å². The lowest BCUT2D eigenvalue weighted by molar-refractivity contribution is -0.137. The first kappa shape index (κ1) is 17.2. The highest BCUT2D eigenvalue weighted by Crippen LogP contribution is 2.37. The number of aliphatic hydroxyl groups is 1. The van der Waals surface area contributed by atoms with Gasteiger partial charge in [-0.3, -0.25) is 0 Å². The third-order valence-electron chi connectivity index (χ3n) is 3.45. The average Bonchev–Trinajstić information content (AvgIpc) is 2.56. The summed E-state index contributed by atoms with van der Waals surface area (Å²) < 4.78 is 0. The fraction of sp³-hybridized carbons (Fsp3) is 0.333. The number of hydrogen-bond acceptors (Lipinski definition) is 3. The highest BCUT2D eigenvalue weighted by atomic mass is 17.1. The summed E-state index contributed by atoms with van der Waals surface area (Å²) in [5, 5.41) is 19.7. The maximum absolute atomic E-state index is 11.1. The van der Waals surface area contributed by atoms with Crippen LogP contribution in [-0.4, -0.2) is 10.4 Å². The minimum Gasteiger partial charge on any atom is -0.380 e. The molecule has 3 heteroatoms. The van der Waals surface area contributed by atoms with Gasteiger partial charge in [0.05, 0.1) is 0 Å². The molecule has 0 radical (unpaired) electrons. The molecule has 0 amide bonds. The Morgan fingerprint density at radius 3 is 1.76 bits per heavy atom. The van der Waals surface area contributed by atoms with Crippen molar-refractivity contribution in [3.63, 3.8) is 0 Å². The van der Waals surface area contributed by atoms with Gasteiger partial charge in [-0.1, -0.05) is 70.2 Å². The van der Waals surface area contributed by atoms with Crippen LogP contribution in [0.2, 0.25) is 0 Å². The van der Waals surface area contributed by atoms with Gasteiger partial charge >= 0.3 is 0 Å². The van der Waals surface area contributed by atoms with E-state index in [0.29, 0.717) is 5.75 Å². The van der Waals surface area contributed by atoms with Gasteiger partial charge in [-0.25, -0.2) is 5.26 Å². The van der Waals surface area contributed by atoms with Gasteiger partial charge in [-0.05, 0) is 29.2 Å². The monoisotopic (exact) mass is 288 g/mol. The van der Waals surface area contributed by atoms with E-state index in [-0.39, 0.29) is 5.92 Å². The van der Waals surface area contributed by atoms with E-state index in [4.69, 9.17) is 5.26 Å². The maximum Gasteiger partial charge on any atom is 0.165 e. The zero-order valence-corrected chi connectivity index (χ0v) is 13.1. The molecule has 0 aliphatic heterocycles. The normalized spacial score (nSPS) is 13.1. The fourth-order valence-electron chi connectivity index (χ4n) is 2.30. The standard InChI is InChI=1S/C16H18O3.C2H6/c1-12(2)16(17,13-6-4-3-5-7-13)14-8-10-15(19-18)11-9-14;1-2/h3-12,17-18H,1-2H3;1-2H3. The molecule has 1 atom stereocenters. The van der Waals surface area contributed by atoms with Crippen LogP contribution in [0.3, 0.4) is 0 Å². The van der Waals surface area contributed by atoms with Crippen molar-refractivity contribution in [2.45, 2.75) is 33.3 Å². The van der Waals surface area contributed by atoms with Gasteiger partial charge in [0.1, 0.15) is 5.60 Å². The Bertz CT molecular complexity index is 520. The van der Waals surface area contributed by atoms with E-state index in [0.717, 1.165) is 11.1 Å². The molecule has 1 unspecified atom stereocenters. The molecule has 0 fully saturated rings. The lowest BCUT2D eigenvalue weighted by Gasteiger charge is -2.33. The molecule has 0 aliphatic rings. The molecular weight excluding hydrogens is 264 g/mol. The number of hydrogen-bond donors (Lipinski definition) is 2. The van der Waals surface area contributed by atoms with E-state index in [2.05, 4.69) is 4.89 Å². The third kappa shape index (κ3) is 3.63. The lowest BCUT2D eigenvalue weighted by atomic mass is 9.78. The molecule has 2 aromatic carbocycles. The van der Waals surface area contributed by atoms with E-state index in [1.54, 1.807) is 24.3 Å². The minimum absolute atomic E-state index is 0.01000. The zero-order chi connectivity index (χ0) is 15.9. The van der Waals surface area contributed by atoms with E-state index in [9.17, 15) is 5.11 Å². The molecule has 21 heavy (non-hydrogen) atoms. The van der Waals surface area contributed by atoms with Crippen molar-refractivity contribution in [3.05, 3.63) is 65.7 Å². The molecule has 0 bridgehead atoms. The molecule has 2 rings (SSSR count). The molecule has 0 spiro atoms. The van der Waals surface area contributed by atoms with Crippen LogP contribution in [0.15, 0.2) is 54.6 Å². The van der Waals surface area contributed by atoms with Crippen LogP contribution in [0.5, 0.6) is 5.75 Å². The van der Waals surface area contributed by atoms with Gasteiger partial charge in [-0.2, -0.15) is 0 Å². The summed E-state index contributed by atoms with van der Waals surface area (Å²) in [6, 6.07) is 16.4. The van der Waals surface area contributed by atoms with Crippen LogP contribution in [0.25, 0.3) is 0 Å². The van der Waals surface area contributed by atoms with Crippen LogP contribution in [-0.2, 0) is 5.60 Å². The summed E-state index contributed by atoms with van der Waals surface area (Å²) in [5.74, 6) is 0.360. The highest BCUT2D eigenvalue weighted by molar-refractivity contribution is 5.39. The molecule has 2 N–H and O–H groups in total. The van der Waals surface area contributed by atoms with Crippen LogP contribution in [0, 0.1) is 5.92 Å². The third-order valence-corrected chi connectivity index (χ3v) is 3.45. The number of benzene rings is 2. The molecule has 114 valence electrons. The first-order valence-electron chi connectivity index (χ1n) is 7.29. The molecule has 0 aliphatic carbocycles. The van der Waals surface area contributed by atoms with E-state index >= 15 is 0 Å². The van der Waals surface area contributed by atoms with Gasteiger partial charge in [0.25, 0.3) is 0 Å². The summed E-state index contributed by atoms with van der Waals surface area (Å²) in [4.78, 5) is 4.17. The number of rotatable bonds is 4. The van der Waals surface area contributed by atoms with Crippen molar-refractivity contribution < 1.29 is 15.3 Å². The van der Waals surface area contributed by atoms with Crippen LogP contribution in [0.1, 0.15) is 38.8 Å². The van der Waals surface area contributed by atoms with E-state index in [1.165, 1.54) is 0 Å². The Morgan fingerprint density at radius 2 is 1.33 bits per heavy atom. The molecule has 3 nitrogen and oxygen atoms in total. The smallest absolute Gasteiger partial charge is 0.165 e. The summed E-state index contributed by atoms with van der Waals surface area (Å²) in [6.07, 6.45) is 0. The Labute approximate surface area is 126 Å². The van der Waals surface area contributed by atoms with Gasteiger partial charge in [-0.15, -0.1) is 0 Å². The molecular formula is C18H24O3. The zero-order valence-electron chi connectivity index (χ0n) is 13.1. The highest BCUT2D eigenvalue weighted by Gasteiger charge is 2.34.